The van der Waals surface area contributed by atoms with Gasteiger partial charge in [-0.25, -0.2) is 9.97 Å². The summed E-state index contributed by atoms with van der Waals surface area (Å²) in [6.45, 7) is 9.27. The molecule has 7 heteroatoms. The minimum Gasteiger partial charge on any atom is -0.370 e. The van der Waals surface area contributed by atoms with Crippen LogP contribution >= 0.6 is 0 Å². The van der Waals surface area contributed by atoms with E-state index in [4.69, 9.17) is 0 Å². The summed E-state index contributed by atoms with van der Waals surface area (Å²) in [7, 11) is 0. The second-order valence-corrected chi connectivity index (χ2v) is 7.77. The van der Waals surface area contributed by atoms with Crippen molar-refractivity contribution in [2.45, 2.75) is 26.2 Å². The summed E-state index contributed by atoms with van der Waals surface area (Å²) in [6.07, 6.45) is 3.34. The summed E-state index contributed by atoms with van der Waals surface area (Å²) in [4.78, 5) is 15.2. The van der Waals surface area contributed by atoms with Crippen LogP contribution in [0.1, 0.15) is 26.5 Å². The molecule has 4 heterocycles. The van der Waals surface area contributed by atoms with E-state index >= 15 is 0 Å². The minimum absolute atomic E-state index is 0.0319. The van der Waals surface area contributed by atoms with Gasteiger partial charge in [0.2, 0.25) is 0 Å². The highest BCUT2D eigenvalue weighted by atomic mass is 15.3. The predicted molar refractivity (Wildman–Crippen MR) is 102 cm³/mol. The van der Waals surface area contributed by atoms with Crippen LogP contribution in [0, 0.1) is 5.92 Å². The van der Waals surface area contributed by atoms with Gasteiger partial charge in [0.05, 0.1) is 5.69 Å². The maximum atomic E-state index is 4.49. The van der Waals surface area contributed by atoms with Crippen LogP contribution in [0.15, 0.2) is 36.7 Å². The summed E-state index contributed by atoms with van der Waals surface area (Å²) in [6, 6.07) is 8.04. The molecule has 1 aliphatic rings. The lowest BCUT2D eigenvalue weighted by Crippen LogP contribution is -2.50. The molecule has 0 aliphatic carbocycles. The standard InChI is InChI=1S/C19H23N7/c1-19(2,3)15-5-7-17(25-24-15)26-11-13(12-26)10-22-16-6-4-14-18(23-16)21-9-8-20-14/h4-9,13H,10-12H2,1-3H3,(H,21,22,23). The van der Waals surface area contributed by atoms with E-state index in [9.17, 15) is 0 Å². The first-order chi connectivity index (χ1) is 12.5. The largest absolute Gasteiger partial charge is 0.370 e. The molecule has 1 aliphatic heterocycles. The zero-order valence-electron chi connectivity index (χ0n) is 15.3. The summed E-state index contributed by atoms with van der Waals surface area (Å²) in [5.41, 5.74) is 2.53. The van der Waals surface area contributed by atoms with Gasteiger partial charge in [0, 0.05) is 43.4 Å². The maximum Gasteiger partial charge on any atom is 0.180 e. The molecule has 0 amide bonds. The van der Waals surface area contributed by atoms with E-state index in [0.717, 1.165) is 42.5 Å². The third-order valence-electron chi connectivity index (χ3n) is 4.60. The molecule has 3 aromatic rings. The Bertz CT molecular complexity index is 896. The summed E-state index contributed by atoms with van der Waals surface area (Å²) >= 11 is 0. The number of hydrogen-bond acceptors (Lipinski definition) is 7. The molecular weight excluding hydrogens is 326 g/mol. The zero-order chi connectivity index (χ0) is 18.1. The molecule has 4 rings (SSSR count). The molecule has 134 valence electrons. The van der Waals surface area contributed by atoms with Crippen LogP contribution in [0.3, 0.4) is 0 Å². The fourth-order valence-corrected chi connectivity index (χ4v) is 2.98. The molecule has 0 radical (unpaired) electrons. The molecule has 3 aromatic heterocycles. The molecule has 1 N–H and O–H groups in total. The Kier molecular flexibility index (Phi) is 4.14. The number of rotatable bonds is 4. The lowest BCUT2D eigenvalue weighted by Gasteiger charge is -2.40. The van der Waals surface area contributed by atoms with Gasteiger partial charge in [-0.3, -0.25) is 4.98 Å². The number of nitrogens with zero attached hydrogens (tertiary/aromatic N) is 6. The maximum absolute atomic E-state index is 4.49. The highest BCUT2D eigenvalue weighted by Crippen LogP contribution is 2.25. The second-order valence-electron chi connectivity index (χ2n) is 7.77. The van der Waals surface area contributed by atoms with Crippen LogP contribution in [0.2, 0.25) is 0 Å². The highest BCUT2D eigenvalue weighted by Gasteiger charge is 2.28. The van der Waals surface area contributed by atoms with Gasteiger partial charge in [-0.05, 0) is 24.3 Å². The van der Waals surface area contributed by atoms with Gasteiger partial charge in [0.25, 0.3) is 0 Å². The third kappa shape index (κ3) is 3.42. The van der Waals surface area contributed by atoms with E-state index < -0.39 is 0 Å². The van der Waals surface area contributed by atoms with Crippen molar-refractivity contribution in [3.63, 3.8) is 0 Å². The fourth-order valence-electron chi connectivity index (χ4n) is 2.98. The third-order valence-corrected chi connectivity index (χ3v) is 4.60. The van der Waals surface area contributed by atoms with Crippen molar-refractivity contribution < 1.29 is 0 Å². The molecule has 0 aromatic carbocycles. The molecule has 0 saturated carbocycles. The fraction of sp³-hybridized carbons (Fsp3) is 0.421. The number of anilines is 2. The molecular formula is C19H23N7. The van der Waals surface area contributed by atoms with Crippen LogP contribution in [-0.2, 0) is 5.41 Å². The molecule has 0 unspecified atom stereocenters. The van der Waals surface area contributed by atoms with Gasteiger partial charge in [0.1, 0.15) is 11.3 Å². The van der Waals surface area contributed by atoms with Gasteiger partial charge >= 0.3 is 0 Å². The van der Waals surface area contributed by atoms with E-state index in [1.54, 1.807) is 12.4 Å². The lowest BCUT2D eigenvalue weighted by molar-refractivity contribution is 0.424. The number of pyridine rings is 1. The van der Waals surface area contributed by atoms with Gasteiger partial charge in [-0.2, -0.15) is 5.10 Å². The number of aromatic nitrogens is 5. The Morgan fingerprint density at radius 2 is 1.85 bits per heavy atom. The van der Waals surface area contributed by atoms with Crippen molar-refractivity contribution in [1.29, 1.82) is 0 Å². The molecule has 7 nitrogen and oxygen atoms in total. The first-order valence-corrected chi connectivity index (χ1v) is 8.90. The van der Waals surface area contributed by atoms with Gasteiger partial charge in [-0.15, -0.1) is 5.10 Å². The zero-order valence-corrected chi connectivity index (χ0v) is 15.3. The van der Waals surface area contributed by atoms with E-state index in [0.29, 0.717) is 11.6 Å². The summed E-state index contributed by atoms with van der Waals surface area (Å²) in [5.74, 6) is 2.36. The Labute approximate surface area is 152 Å². The minimum atomic E-state index is 0.0319. The van der Waals surface area contributed by atoms with Crippen molar-refractivity contribution in [2.75, 3.05) is 29.9 Å². The number of fused-ring (bicyclic) bond motifs is 1. The molecule has 0 bridgehead atoms. The Morgan fingerprint density at radius 3 is 2.58 bits per heavy atom. The van der Waals surface area contributed by atoms with E-state index in [-0.39, 0.29) is 5.41 Å². The van der Waals surface area contributed by atoms with E-state index in [1.165, 1.54) is 0 Å². The van der Waals surface area contributed by atoms with Crippen LogP contribution in [0.4, 0.5) is 11.6 Å². The molecule has 0 atom stereocenters. The number of nitrogens with one attached hydrogen (secondary N) is 1. The van der Waals surface area contributed by atoms with Crippen molar-refractivity contribution in [3.05, 3.63) is 42.4 Å². The number of hydrogen-bond donors (Lipinski definition) is 1. The molecule has 0 spiro atoms. The predicted octanol–water partition coefficient (Wildman–Crippen LogP) is 2.66. The molecule has 1 fully saturated rings. The van der Waals surface area contributed by atoms with Crippen LogP contribution < -0.4 is 10.2 Å². The quantitative estimate of drug-likeness (QED) is 0.775. The van der Waals surface area contributed by atoms with Crippen LogP contribution in [0.5, 0.6) is 0 Å². The molecule has 1 saturated heterocycles. The lowest BCUT2D eigenvalue weighted by atomic mass is 9.92. The molecule has 26 heavy (non-hydrogen) atoms. The van der Waals surface area contributed by atoms with E-state index in [1.807, 2.05) is 12.1 Å². The summed E-state index contributed by atoms with van der Waals surface area (Å²) < 4.78 is 0. The highest BCUT2D eigenvalue weighted by molar-refractivity contribution is 5.71. The Morgan fingerprint density at radius 1 is 1.04 bits per heavy atom. The summed E-state index contributed by atoms with van der Waals surface area (Å²) in [5, 5.41) is 12.2. The Balaban J connectivity index is 1.31. The topological polar surface area (TPSA) is 79.7 Å². The average molecular weight is 349 g/mol. The van der Waals surface area contributed by atoms with Crippen molar-refractivity contribution >= 4 is 22.8 Å². The second kappa shape index (κ2) is 6.48. The van der Waals surface area contributed by atoms with Gasteiger partial charge < -0.3 is 10.2 Å². The van der Waals surface area contributed by atoms with Crippen molar-refractivity contribution in [3.8, 4) is 0 Å². The van der Waals surface area contributed by atoms with Crippen molar-refractivity contribution in [2.24, 2.45) is 5.92 Å². The first-order valence-electron chi connectivity index (χ1n) is 8.90. The van der Waals surface area contributed by atoms with Crippen LogP contribution in [0.25, 0.3) is 11.2 Å². The van der Waals surface area contributed by atoms with Gasteiger partial charge in [0.15, 0.2) is 11.5 Å². The van der Waals surface area contributed by atoms with E-state index in [2.05, 4.69) is 68.3 Å². The Hall–Kier alpha value is -2.83. The average Bonchev–Trinajstić information content (AvgIpc) is 2.60. The monoisotopic (exact) mass is 349 g/mol. The van der Waals surface area contributed by atoms with Crippen molar-refractivity contribution in [1.82, 2.24) is 25.1 Å². The SMILES string of the molecule is CC(C)(C)c1ccc(N2CC(CNc3ccc4nccnc4n3)C2)nn1. The first kappa shape index (κ1) is 16.6. The van der Waals surface area contributed by atoms with Crippen LogP contribution in [-0.4, -0.2) is 44.8 Å². The normalized spacial score (nSPS) is 15.1. The van der Waals surface area contributed by atoms with Gasteiger partial charge in [-0.1, -0.05) is 20.8 Å². The smallest absolute Gasteiger partial charge is 0.180 e.